The standard InChI is InChI=1S/C17H20FN3O2/c1-17(2,3)16(22)21-10-4-5-13(21)15-19-14(20-23-15)11-6-8-12(18)9-7-11/h6-9,13H,4-5,10H2,1-3H3. The van der Waals surface area contributed by atoms with E-state index in [-0.39, 0.29) is 17.8 Å². The maximum Gasteiger partial charge on any atom is 0.249 e. The van der Waals surface area contributed by atoms with Gasteiger partial charge in [-0.3, -0.25) is 4.79 Å². The Morgan fingerprint density at radius 1 is 1.30 bits per heavy atom. The lowest BCUT2D eigenvalue weighted by Crippen LogP contribution is -2.39. The van der Waals surface area contributed by atoms with Gasteiger partial charge in [-0.2, -0.15) is 4.98 Å². The predicted octanol–water partition coefficient (Wildman–Crippen LogP) is 3.59. The van der Waals surface area contributed by atoms with Gasteiger partial charge in [0.15, 0.2) is 0 Å². The van der Waals surface area contributed by atoms with Crippen molar-refractivity contribution in [2.45, 2.75) is 39.7 Å². The predicted molar refractivity (Wildman–Crippen MR) is 82.8 cm³/mol. The number of hydrogen-bond donors (Lipinski definition) is 0. The number of halogens is 1. The largest absolute Gasteiger partial charge is 0.337 e. The number of likely N-dealkylation sites (tertiary alicyclic amines) is 1. The molecular formula is C17H20FN3O2. The first-order valence-electron chi connectivity index (χ1n) is 7.77. The van der Waals surface area contributed by atoms with Gasteiger partial charge < -0.3 is 9.42 Å². The van der Waals surface area contributed by atoms with Gasteiger partial charge in [-0.05, 0) is 37.1 Å². The highest BCUT2D eigenvalue weighted by Gasteiger charge is 2.38. The molecule has 2 heterocycles. The molecule has 1 aromatic carbocycles. The van der Waals surface area contributed by atoms with Crippen molar-refractivity contribution in [3.8, 4) is 11.4 Å². The number of aromatic nitrogens is 2. The molecule has 1 fully saturated rings. The lowest BCUT2D eigenvalue weighted by molar-refractivity contribution is -0.140. The van der Waals surface area contributed by atoms with Crippen LogP contribution in [0.15, 0.2) is 28.8 Å². The molecule has 1 atom stereocenters. The van der Waals surface area contributed by atoms with Gasteiger partial charge >= 0.3 is 0 Å². The fraction of sp³-hybridized carbons (Fsp3) is 0.471. The minimum atomic E-state index is -0.442. The summed E-state index contributed by atoms with van der Waals surface area (Å²) < 4.78 is 18.4. The van der Waals surface area contributed by atoms with Crippen LogP contribution in [0.25, 0.3) is 11.4 Å². The molecule has 1 amide bonds. The monoisotopic (exact) mass is 317 g/mol. The van der Waals surface area contributed by atoms with Crippen molar-refractivity contribution in [3.63, 3.8) is 0 Å². The van der Waals surface area contributed by atoms with Crippen LogP contribution in [0.2, 0.25) is 0 Å². The normalized spacial score (nSPS) is 18.4. The lowest BCUT2D eigenvalue weighted by Gasteiger charge is -2.29. The topological polar surface area (TPSA) is 59.2 Å². The fourth-order valence-corrected chi connectivity index (χ4v) is 2.78. The van der Waals surface area contributed by atoms with Crippen molar-refractivity contribution in [1.82, 2.24) is 15.0 Å². The van der Waals surface area contributed by atoms with Crippen LogP contribution in [0.1, 0.15) is 45.5 Å². The summed E-state index contributed by atoms with van der Waals surface area (Å²) in [7, 11) is 0. The van der Waals surface area contributed by atoms with E-state index in [2.05, 4.69) is 10.1 Å². The highest BCUT2D eigenvalue weighted by atomic mass is 19.1. The zero-order valence-electron chi connectivity index (χ0n) is 13.5. The fourth-order valence-electron chi connectivity index (χ4n) is 2.78. The van der Waals surface area contributed by atoms with E-state index in [0.29, 0.717) is 23.8 Å². The molecule has 1 aromatic heterocycles. The van der Waals surface area contributed by atoms with Crippen LogP contribution in [-0.4, -0.2) is 27.5 Å². The lowest BCUT2D eigenvalue weighted by atomic mass is 9.94. The summed E-state index contributed by atoms with van der Waals surface area (Å²) in [5, 5.41) is 3.97. The first-order chi connectivity index (χ1) is 10.9. The van der Waals surface area contributed by atoms with E-state index >= 15 is 0 Å². The second-order valence-electron chi connectivity index (χ2n) is 6.87. The highest BCUT2D eigenvalue weighted by molar-refractivity contribution is 5.82. The Hall–Kier alpha value is -2.24. The van der Waals surface area contributed by atoms with E-state index in [9.17, 15) is 9.18 Å². The third-order valence-corrected chi connectivity index (χ3v) is 3.98. The van der Waals surface area contributed by atoms with Gasteiger partial charge in [0.2, 0.25) is 17.6 Å². The van der Waals surface area contributed by atoms with Gasteiger partial charge in [0, 0.05) is 17.5 Å². The zero-order valence-corrected chi connectivity index (χ0v) is 13.5. The van der Waals surface area contributed by atoms with E-state index in [4.69, 9.17) is 4.52 Å². The Morgan fingerprint density at radius 2 is 2.00 bits per heavy atom. The summed E-state index contributed by atoms with van der Waals surface area (Å²) in [6.45, 7) is 6.42. The molecule has 1 aliphatic heterocycles. The molecule has 122 valence electrons. The van der Waals surface area contributed by atoms with Crippen LogP contribution in [-0.2, 0) is 4.79 Å². The van der Waals surface area contributed by atoms with Crippen LogP contribution < -0.4 is 0 Å². The molecule has 23 heavy (non-hydrogen) atoms. The molecule has 1 saturated heterocycles. The summed E-state index contributed by atoms with van der Waals surface area (Å²) >= 11 is 0. The second-order valence-corrected chi connectivity index (χ2v) is 6.87. The molecule has 3 rings (SSSR count). The minimum Gasteiger partial charge on any atom is -0.337 e. The van der Waals surface area contributed by atoms with E-state index in [1.54, 1.807) is 12.1 Å². The molecule has 0 spiro atoms. The molecule has 1 unspecified atom stereocenters. The number of carbonyl (C=O) groups excluding carboxylic acids is 1. The van der Waals surface area contributed by atoms with Crippen molar-refractivity contribution >= 4 is 5.91 Å². The maximum atomic E-state index is 13.0. The maximum absolute atomic E-state index is 13.0. The van der Waals surface area contributed by atoms with E-state index in [0.717, 1.165) is 12.8 Å². The zero-order chi connectivity index (χ0) is 16.6. The smallest absolute Gasteiger partial charge is 0.249 e. The Morgan fingerprint density at radius 3 is 2.65 bits per heavy atom. The van der Waals surface area contributed by atoms with Gasteiger partial charge in [0.05, 0.1) is 0 Å². The van der Waals surface area contributed by atoms with E-state index in [1.165, 1.54) is 12.1 Å². The van der Waals surface area contributed by atoms with Crippen molar-refractivity contribution in [3.05, 3.63) is 36.0 Å². The van der Waals surface area contributed by atoms with Gasteiger partial charge in [0.1, 0.15) is 11.9 Å². The first-order valence-corrected chi connectivity index (χ1v) is 7.77. The summed E-state index contributed by atoms with van der Waals surface area (Å²) in [5.41, 5.74) is 0.246. The SMILES string of the molecule is CC(C)(C)C(=O)N1CCCC1c1nc(-c2ccc(F)cc2)no1. The number of benzene rings is 1. The summed E-state index contributed by atoms with van der Waals surface area (Å²) in [5.74, 6) is 0.631. The van der Waals surface area contributed by atoms with Gasteiger partial charge in [-0.15, -0.1) is 0 Å². The average molecular weight is 317 g/mol. The van der Waals surface area contributed by atoms with E-state index in [1.807, 2.05) is 25.7 Å². The molecule has 0 radical (unpaired) electrons. The number of carbonyl (C=O) groups is 1. The number of rotatable bonds is 2. The Bertz CT molecular complexity index is 703. The molecule has 0 bridgehead atoms. The number of amides is 1. The number of hydrogen-bond acceptors (Lipinski definition) is 4. The van der Waals surface area contributed by atoms with Crippen LogP contribution in [0.4, 0.5) is 4.39 Å². The molecule has 0 saturated carbocycles. The summed E-state index contributed by atoms with van der Waals surface area (Å²) in [6.07, 6.45) is 1.73. The second kappa shape index (κ2) is 5.76. The highest BCUT2D eigenvalue weighted by Crippen LogP contribution is 2.35. The van der Waals surface area contributed by atoms with Gasteiger partial charge in [-0.1, -0.05) is 25.9 Å². The van der Waals surface area contributed by atoms with Crippen molar-refractivity contribution in [2.75, 3.05) is 6.54 Å². The van der Waals surface area contributed by atoms with Crippen molar-refractivity contribution < 1.29 is 13.7 Å². The molecule has 0 aliphatic carbocycles. The summed E-state index contributed by atoms with van der Waals surface area (Å²) in [6, 6.07) is 5.75. The average Bonchev–Trinajstić information content (AvgIpc) is 3.15. The molecule has 5 nitrogen and oxygen atoms in total. The Balaban J connectivity index is 1.84. The van der Waals surface area contributed by atoms with Crippen LogP contribution >= 0.6 is 0 Å². The van der Waals surface area contributed by atoms with Crippen LogP contribution in [0.3, 0.4) is 0 Å². The molecule has 2 aromatic rings. The third-order valence-electron chi connectivity index (χ3n) is 3.98. The third kappa shape index (κ3) is 3.11. The molecule has 0 N–H and O–H groups in total. The van der Waals surface area contributed by atoms with E-state index < -0.39 is 5.41 Å². The number of nitrogens with zero attached hydrogens (tertiary/aromatic N) is 3. The minimum absolute atomic E-state index is 0.0848. The van der Waals surface area contributed by atoms with Gasteiger partial charge in [-0.25, -0.2) is 4.39 Å². The van der Waals surface area contributed by atoms with Crippen LogP contribution in [0, 0.1) is 11.2 Å². The first kappa shape index (κ1) is 15.6. The summed E-state index contributed by atoms with van der Waals surface area (Å²) in [4.78, 5) is 18.8. The Labute approximate surface area is 134 Å². The molecule has 6 heteroatoms. The molecular weight excluding hydrogens is 297 g/mol. The molecule has 1 aliphatic rings. The quantitative estimate of drug-likeness (QED) is 0.849. The van der Waals surface area contributed by atoms with Gasteiger partial charge in [0.25, 0.3) is 0 Å². The van der Waals surface area contributed by atoms with Crippen molar-refractivity contribution in [2.24, 2.45) is 5.41 Å². The van der Waals surface area contributed by atoms with Crippen molar-refractivity contribution in [1.29, 1.82) is 0 Å². The van der Waals surface area contributed by atoms with Crippen LogP contribution in [0.5, 0.6) is 0 Å². The Kier molecular flexibility index (Phi) is 3.92.